The third-order valence-electron chi connectivity index (χ3n) is 6.47. The van der Waals surface area contributed by atoms with E-state index in [2.05, 4.69) is 32.9 Å². The van der Waals surface area contributed by atoms with Crippen LogP contribution in [0.1, 0.15) is 85.0 Å². The molecule has 0 unspecified atom stereocenters. The first-order valence-corrected chi connectivity index (χ1v) is 10.7. The fraction of sp³-hybridized carbons (Fsp3) is 0.783. The first-order valence-electron chi connectivity index (χ1n) is 10.7. The standard InChI is InChI=1S/C23H38O3/c1-4-5-10-17(2)18(3)16-26-23-20-14-13-19(15-20)21(23)11-8-6-7-9-12-22(24)25/h6,8,19-21,23H,4-5,7,9-16H2,1-3H3,(H,24,25)/t19-,20+,21-,23-/m1/s1. The lowest BCUT2D eigenvalue weighted by atomic mass is 9.84. The molecule has 0 aromatic heterocycles. The van der Waals surface area contributed by atoms with Gasteiger partial charge in [0.1, 0.15) is 0 Å². The zero-order valence-corrected chi connectivity index (χ0v) is 17.0. The Morgan fingerprint density at radius 1 is 1.08 bits per heavy atom. The molecule has 0 spiro atoms. The van der Waals surface area contributed by atoms with Crippen molar-refractivity contribution in [2.75, 3.05) is 6.61 Å². The van der Waals surface area contributed by atoms with Crippen LogP contribution in [-0.2, 0) is 9.53 Å². The zero-order valence-electron chi connectivity index (χ0n) is 17.0. The number of carboxylic acids is 1. The molecule has 3 heteroatoms. The minimum absolute atomic E-state index is 0.271. The van der Waals surface area contributed by atoms with Crippen LogP contribution in [0.3, 0.4) is 0 Å². The Labute approximate surface area is 159 Å². The molecule has 148 valence electrons. The first-order chi connectivity index (χ1) is 12.5. The minimum atomic E-state index is -0.697. The van der Waals surface area contributed by atoms with Crippen LogP contribution in [0.4, 0.5) is 0 Å². The number of hydrogen-bond acceptors (Lipinski definition) is 2. The third kappa shape index (κ3) is 6.26. The Morgan fingerprint density at radius 3 is 2.58 bits per heavy atom. The molecule has 2 rings (SSSR count). The summed E-state index contributed by atoms with van der Waals surface area (Å²) in [6, 6.07) is 0. The van der Waals surface area contributed by atoms with Gasteiger partial charge in [-0.15, -0.1) is 0 Å². The summed E-state index contributed by atoms with van der Waals surface area (Å²) in [6.07, 6.45) is 15.6. The Balaban J connectivity index is 1.80. The maximum Gasteiger partial charge on any atom is 0.303 e. The highest BCUT2D eigenvalue weighted by Gasteiger charge is 2.47. The number of allylic oxidation sites excluding steroid dienone is 3. The van der Waals surface area contributed by atoms with Gasteiger partial charge in [0, 0.05) is 6.42 Å². The summed E-state index contributed by atoms with van der Waals surface area (Å²) in [5.41, 5.74) is 2.93. The highest BCUT2D eigenvalue weighted by atomic mass is 16.5. The molecule has 0 aromatic carbocycles. The molecule has 2 aliphatic rings. The largest absolute Gasteiger partial charge is 0.481 e. The highest BCUT2D eigenvalue weighted by molar-refractivity contribution is 5.66. The smallest absolute Gasteiger partial charge is 0.303 e. The summed E-state index contributed by atoms with van der Waals surface area (Å²) in [4.78, 5) is 10.6. The van der Waals surface area contributed by atoms with E-state index in [1.54, 1.807) is 0 Å². The van der Waals surface area contributed by atoms with Crippen LogP contribution in [0.25, 0.3) is 0 Å². The fourth-order valence-corrected chi connectivity index (χ4v) is 4.69. The molecular weight excluding hydrogens is 324 g/mol. The number of aliphatic carboxylic acids is 1. The zero-order chi connectivity index (χ0) is 18.9. The summed E-state index contributed by atoms with van der Waals surface area (Å²) in [7, 11) is 0. The van der Waals surface area contributed by atoms with Crippen molar-refractivity contribution in [3.8, 4) is 0 Å². The Morgan fingerprint density at radius 2 is 1.85 bits per heavy atom. The fourth-order valence-electron chi connectivity index (χ4n) is 4.69. The number of fused-ring (bicyclic) bond motifs is 2. The van der Waals surface area contributed by atoms with E-state index in [9.17, 15) is 4.79 Å². The van der Waals surface area contributed by atoms with Crippen molar-refractivity contribution in [1.82, 2.24) is 0 Å². The van der Waals surface area contributed by atoms with E-state index in [-0.39, 0.29) is 6.42 Å². The summed E-state index contributed by atoms with van der Waals surface area (Å²) in [5.74, 6) is 1.55. The Hall–Kier alpha value is -1.09. The lowest BCUT2D eigenvalue weighted by molar-refractivity contribution is -0.137. The van der Waals surface area contributed by atoms with Gasteiger partial charge in [0.2, 0.25) is 0 Å². The van der Waals surface area contributed by atoms with Crippen LogP contribution in [0, 0.1) is 17.8 Å². The van der Waals surface area contributed by atoms with Gasteiger partial charge in [-0.25, -0.2) is 0 Å². The average Bonchev–Trinajstić information content (AvgIpc) is 3.21. The van der Waals surface area contributed by atoms with E-state index in [1.165, 1.54) is 49.7 Å². The van der Waals surface area contributed by atoms with Crippen molar-refractivity contribution in [2.45, 2.75) is 91.1 Å². The van der Waals surface area contributed by atoms with Crippen LogP contribution in [-0.4, -0.2) is 23.8 Å². The number of ether oxygens (including phenoxy) is 1. The SMILES string of the molecule is CCCCC(C)=C(C)CO[C@@H]1[C@H]2CC[C@H](C2)[C@H]1CC=CCCCC(=O)O. The van der Waals surface area contributed by atoms with Crippen LogP contribution in [0.5, 0.6) is 0 Å². The molecule has 0 radical (unpaired) electrons. The number of carboxylic acid groups (broad SMARTS) is 1. The molecular formula is C23H38O3. The lowest BCUT2D eigenvalue weighted by Crippen LogP contribution is -2.30. The van der Waals surface area contributed by atoms with Gasteiger partial charge in [-0.3, -0.25) is 4.79 Å². The van der Waals surface area contributed by atoms with E-state index >= 15 is 0 Å². The second-order valence-electron chi connectivity index (χ2n) is 8.43. The van der Waals surface area contributed by atoms with Gasteiger partial charge >= 0.3 is 5.97 Å². The summed E-state index contributed by atoms with van der Waals surface area (Å²) >= 11 is 0. The van der Waals surface area contributed by atoms with E-state index in [4.69, 9.17) is 9.84 Å². The molecule has 0 aliphatic heterocycles. The molecule has 4 atom stereocenters. The molecule has 0 saturated heterocycles. The molecule has 0 amide bonds. The molecule has 2 aliphatic carbocycles. The molecule has 2 bridgehead atoms. The van der Waals surface area contributed by atoms with Crippen molar-refractivity contribution in [1.29, 1.82) is 0 Å². The molecule has 26 heavy (non-hydrogen) atoms. The van der Waals surface area contributed by atoms with Crippen molar-refractivity contribution in [3.63, 3.8) is 0 Å². The number of carbonyl (C=O) groups is 1. The van der Waals surface area contributed by atoms with Gasteiger partial charge in [-0.05, 0) is 88.5 Å². The highest BCUT2D eigenvalue weighted by Crippen LogP contribution is 2.51. The molecule has 2 fully saturated rings. The van der Waals surface area contributed by atoms with E-state index in [0.717, 1.165) is 37.7 Å². The maximum absolute atomic E-state index is 10.6. The number of unbranched alkanes of at least 4 members (excludes halogenated alkanes) is 2. The van der Waals surface area contributed by atoms with E-state index in [0.29, 0.717) is 12.0 Å². The molecule has 1 N–H and O–H groups in total. The summed E-state index contributed by atoms with van der Waals surface area (Å²) < 4.78 is 6.45. The van der Waals surface area contributed by atoms with Crippen LogP contribution in [0.15, 0.2) is 23.3 Å². The lowest BCUT2D eigenvalue weighted by Gasteiger charge is -2.31. The molecule has 2 saturated carbocycles. The van der Waals surface area contributed by atoms with Gasteiger partial charge in [0.15, 0.2) is 0 Å². The monoisotopic (exact) mass is 362 g/mol. The van der Waals surface area contributed by atoms with E-state index < -0.39 is 5.97 Å². The van der Waals surface area contributed by atoms with Gasteiger partial charge in [0.25, 0.3) is 0 Å². The van der Waals surface area contributed by atoms with Gasteiger partial charge in [-0.2, -0.15) is 0 Å². The Bertz CT molecular complexity index is 506. The molecule has 0 heterocycles. The van der Waals surface area contributed by atoms with Crippen molar-refractivity contribution in [3.05, 3.63) is 23.3 Å². The van der Waals surface area contributed by atoms with Crippen LogP contribution in [0.2, 0.25) is 0 Å². The Kier molecular flexibility index (Phi) is 8.90. The predicted molar refractivity (Wildman–Crippen MR) is 107 cm³/mol. The quantitative estimate of drug-likeness (QED) is 0.335. The van der Waals surface area contributed by atoms with Gasteiger partial charge < -0.3 is 9.84 Å². The second kappa shape index (κ2) is 10.9. The molecule has 3 nitrogen and oxygen atoms in total. The second-order valence-corrected chi connectivity index (χ2v) is 8.43. The van der Waals surface area contributed by atoms with E-state index in [1.807, 2.05) is 0 Å². The number of hydrogen-bond donors (Lipinski definition) is 1. The van der Waals surface area contributed by atoms with Crippen molar-refractivity contribution in [2.24, 2.45) is 17.8 Å². The molecule has 0 aromatic rings. The summed E-state index contributed by atoms with van der Waals surface area (Å²) in [5, 5.41) is 8.70. The average molecular weight is 363 g/mol. The first kappa shape index (κ1) is 21.2. The predicted octanol–water partition coefficient (Wildman–Crippen LogP) is 6.15. The third-order valence-corrected chi connectivity index (χ3v) is 6.47. The van der Waals surface area contributed by atoms with Crippen molar-refractivity contribution >= 4 is 5.97 Å². The number of rotatable bonds is 12. The summed E-state index contributed by atoms with van der Waals surface area (Å²) in [6.45, 7) is 7.53. The normalized spacial score (nSPS) is 28.7. The maximum atomic E-state index is 10.6. The van der Waals surface area contributed by atoms with Crippen LogP contribution >= 0.6 is 0 Å². The van der Waals surface area contributed by atoms with Crippen molar-refractivity contribution < 1.29 is 14.6 Å². The van der Waals surface area contributed by atoms with Crippen LogP contribution < -0.4 is 0 Å². The topological polar surface area (TPSA) is 46.5 Å². The van der Waals surface area contributed by atoms with Gasteiger partial charge in [0.05, 0.1) is 12.7 Å². The minimum Gasteiger partial charge on any atom is -0.481 e. The van der Waals surface area contributed by atoms with Gasteiger partial charge in [-0.1, -0.05) is 31.1 Å².